The van der Waals surface area contributed by atoms with Gasteiger partial charge in [0, 0.05) is 37.0 Å². The lowest BCUT2D eigenvalue weighted by Gasteiger charge is -2.10. The predicted molar refractivity (Wildman–Crippen MR) is 133 cm³/mol. The van der Waals surface area contributed by atoms with Crippen LogP contribution in [-0.2, 0) is 21.2 Å². The van der Waals surface area contributed by atoms with Gasteiger partial charge in [-0.25, -0.2) is 13.4 Å². The minimum absolute atomic E-state index is 0.164. The van der Waals surface area contributed by atoms with E-state index in [1.165, 1.54) is 24.6 Å². The summed E-state index contributed by atoms with van der Waals surface area (Å²) in [5.74, 6) is -0.197. The number of nitrogens with zero attached hydrogens (tertiary/aromatic N) is 2. The Kier molecular flexibility index (Phi) is 7.78. The molecule has 0 saturated carbocycles. The lowest BCUT2D eigenvalue weighted by Crippen LogP contribution is -2.26. The molecule has 0 aliphatic carbocycles. The van der Waals surface area contributed by atoms with Gasteiger partial charge in [0.25, 0.3) is 5.91 Å². The quantitative estimate of drug-likeness (QED) is 0.241. The van der Waals surface area contributed by atoms with Crippen LogP contribution in [0.1, 0.15) is 15.9 Å². The molecule has 188 valence electrons. The van der Waals surface area contributed by atoms with E-state index in [1.54, 1.807) is 43.5 Å². The summed E-state index contributed by atoms with van der Waals surface area (Å²) in [7, 11) is -1.98. The first kappa shape index (κ1) is 25.1. The number of fused-ring (bicyclic) bond motifs is 1. The minimum atomic E-state index is -3.53. The van der Waals surface area contributed by atoms with E-state index in [9.17, 15) is 13.2 Å². The number of primary amides is 1. The number of aromatic nitrogens is 2. The largest absolute Gasteiger partial charge is 0.473 e. The molecule has 2 aromatic carbocycles. The molecule has 1 amide bonds. The molecule has 0 saturated heterocycles. The number of furan rings is 1. The number of nitrogens with one attached hydrogen (secondary N) is 2. The summed E-state index contributed by atoms with van der Waals surface area (Å²) < 4.78 is 41.3. The Morgan fingerprint density at radius 3 is 2.83 bits per heavy atom. The molecule has 0 fully saturated rings. The van der Waals surface area contributed by atoms with Crippen LogP contribution in [0.4, 0.5) is 11.6 Å². The molecule has 11 nitrogen and oxygen atoms in total. The summed E-state index contributed by atoms with van der Waals surface area (Å²) in [6, 6.07) is 13.3. The first-order chi connectivity index (χ1) is 17.4. The molecular formula is C24H25N5O6S. The molecule has 0 aliphatic heterocycles. The number of anilines is 2. The standard InChI is InChI=1S/C24H25N5O6S/c1-33-10-9-26-15-36(31,32)18-4-2-3-17(12-18)28-24-27-8-7-22(29-24)35-13-16-5-6-19-20(23(25)30)14-34-21(19)11-16/h2-8,11-12,14,26H,9-10,13,15H2,1H3,(H2,25,30)(H,27,28,29). The maximum atomic E-state index is 12.6. The van der Waals surface area contributed by atoms with Crippen molar-refractivity contribution in [1.82, 2.24) is 15.3 Å². The Morgan fingerprint density at radius 2 is 2.03 bits per heavy atom. The van der Waals surface area contributed by atoms with E-state index in [4.69, 9.17) is 19.6 Å². The van der Waals surface area contributed by atoms with Crippen LogP contribution < -0.4 is 21.1 Å². The lowest BCUT2D eigenvalue weighted by atomic mass is 10.1. The van der Waals surface area contributed by atoms with Gasteiger partial charge in [-0.05, 0) is 35.9 Å². The van der Waals surface area contributed by atoms with Crippen molar-refractivity contribution in [3.63, 3.8) is 0 Å². The van der Waals surface area contributed by atoms with Crippen molar-refractivity contribution >= 4 is 38.3 Å². The minimum Gasteiger partial charge on any atom is -0.473 e. The van der Waals surface area contributed by atoms with Gasteiger partial charge in [-0.3, -0.25) is 4.79 Å². The van der Waals surface area contributed by atoms with Gasteiger partial charge < -0.3 is 30.3 Å². The molecule has 0 spiro atoms. The first-order valence-electron chi connectivity index (χ1n) is 10.9. The number of sulfone groups is 1. The molecule has 2 heterocycles. The number of rotatable bonds is 12. The van der Waals surface area contributed by atoms with Crippen LogP contribution in [0.5, 0.6) is 5.88 Å². The molecular weight excluding hydrogens is 486 g/mol. The van der Waals surface area contributed by atoms with Gasteiger partial charge in [0.2, 0.25) is 11.8 Å². The summed E-state index contributed by atoms with van der Waals surface area (Å²) in [6.45, 7) is 1.04. The van der Waals surface area contributed by atoms with Crippen LogP contribution in [0.2, 0.25) is 0 Å². The molecule has 4 aromatic rings. The summed E-state index contributed by atoms with van der Waals surface area (Å²) in [6.07, 6.45) is 2.86. The number of methoxy groups -OCH3 is 1. The summed E-state index contributed by atoms with van der Waals surface area (Å²) in [4.78, 5) is 20.1. The van der Waals surface area contributed by atoms with Crippen LogP contribution in [0, 0.1) is 0 Å². The van der Waals surface area contributed by atoms with Crippen molar-refractivity contribution in [2.75, 3.05) is 31.5 Å². The highest BCUT2D eigenvalue weighted by Crippen LogP contribution is 2.23. The van der Waals surface area contributed by atoms with Crippen molar-refractivity contribution in [3.05, 3.63) is 72.1 Å². The normalized spacial score (nSPS) is 11.5. The van der Waals surface area contributed by atoms with Crippen molar-refractivity contribution < 1.29 is 27.1 Å². The number of benzene rings is 2. The molecule has 0 unspecified atom stereocenters. The fraction of sp³-hybridized carbons (Fsp3) is 0.208. The van der Waals surface area contributed by atoms with Crippen molar-refractivity contribution in [2.24, 2.45) is 5.73 Å². The maximum absolute atomic E-state index is 12.6. The number of hydrogen-bond acceptors (Lipinski definition) is 10. The number of amides is 1. The Morgan fingerprint density at radius 1 is 1.17 bits per heavy atom. The van der Waals surface area contributed by atoms with Crippen molar-refractivity contribution in [2.45, 2.75) is 11.5 Å². The fourth-order valence-corrected chi connectivity index (χ4v) is 4.53. The van der Waals surface area contributed by atoms with E-state index in [-0.39, 0.29) is 23.3 Å². The van der Waals surface area contributed by atoms with Crippen LogP contribution in [0.25, 0.3) is 11.0 Å². The Bertz CT molecular complexity index is 1470. The lowest BCUT2D eigenvalue weighted by molar-refractivity contribution is 0.100. The van der Waals surface area contributed by atoms with Gasteiger partial charge in [0.1, 0.15) is 24.3 Å². The van der Waals surface area contributed by atoms with E-state index in [0.29, 0.717) is 41.3 Å². The van der Waals surface area contributed by atoms with E-state index in [1.807, 2.05) is 0 Å². The van der Waals surface area contributed by atoms with Crippen LogP contribution in [0.15, 0.2) is 70.3 Å². The average Bonchev–Trinajstić information content (AvgIpc) is 3.30. The van der Waals surface area contributed by atoms with E-state index < -0.39 is 15.7 Å². The maximum Gasteiger partial charge on any atom is 0.252 e. The molecule has 4 N–H and O–H groups in total. The zero-order chi connectivity index (χ0) is 25.5. The summed E-state index contributed by atoms with van der Waals surface area (Å²) in [5.41, 5.74) is 7.51. The SMILES string of the molecule is COCCNCS(=O)(=O)c1cccc(Nc2nccc(OCc3ccc4c(C(N)=O)coc4c3)n2)c1. The number of ether oxygens (including phenoxy) is 2. The highest BCUT2D eigenvalue weighted by Gasteiger charge is 2.15. The third kappa shape index (κ3) is 6.16. The number of nitrogens with two attached hydrogens (primary N) is 1. The van der Waals surface area contributed by atoms with Gasteiger partial charge in [0.05, 0.1) is 17.1 Å². The highest BCUT2D eigenvalue weighted by atomic mass is 32.2. The molecule has 0 aliphatic rings. The topological polar surface area (TPSA) is 159 Å². The van der Waals surface area contributed by atoms with E-state index in [0.717, 1.165) is 5.56 Å². The predicted octanol–water partition coefficient (Wildman–Crippen LogP) is 2.61. The Labute approximate surface area is 207 Å². The second-order valence-corrected chi connectivity index (χ2v) is 9.75. The van der Waals surface area contributed by atoms with Gasteiger partial charge in [0.15, 0.2) is 9.84 Å². The van der Waals surface area contributed by atoms with E-state index in [2.05, 4.69) is 20.6 Å². The van der Waals surface area contributed by atoms with Crippen LogP contribution in [-0.4, -0.2) is 50.4 Å². The Balaban J connectivity index is 1.40. The van der Waals surface area contributed by atoms with Crippen molar-refractivity contribution in [3.8, 4) is 5.88 Å². The first-order valence-corrected chi connectivity index (χ1v) is 12.6. The second-order valence-electron chi connectivity index (χ2n) is 7.76. The molecule has 2 aromatic heterocycles. The van der Waals surface area contributed by atoms with Gasteiger partial charge in [-0.2, -0.15) is 4.98 Å². The van der Waals surface area contributed by atoms with Gasteiger partial charge >= 0.3 is 0 Å². The van der Waals surface area contributed by atoms with Crippen LogP contribution in [0.3, 0.4) is 0 Å². The summed E-state index contributed by atoms with van der Waals surface area (Å²) in [5, 5.41) is 6.48. The molecule has 4 rings (SSSR count). The number of hydrogen-bond donors (Lipinski definition) is 3. The Hall–Kier alpha value is -4.00. The molecule has 0 atom stereocenters. The third-order valence-corrected chi connectivity index (χ3v) is 6.70. The smallest absolute Gasteiger partial charge is 0.252 e. The van der Waals surface area contributed by atoms with Gasteiger partial charge in [-0.15, -0.1) is 0 Å². The zero-order valence-electron chi connectivity index (χ0n) is 19.4. The van der Waals surface area contributed by atoms with Crippen LogP contribution >= 0.6 is 0 Å². The fourth-order valence-electron chi connectivity index (χ4n) is 3.35. The average molecular weight is 512 g/mol. The highest BCUT2D eigenvalue weighted by molar-refractivity contribution is 7.91. The third-order valence-electron chi connectivity index (χ3n) is 5.15. The summed E-state index contributed by atoms with van der Waals surface area (Å²) >= 11 is 0. The zero-order valence-corrected chi connectivity index (χ0v) is 20.2. The monoisotopic (exact) mass is 511 g/mol. The van der Waals surface area contributed by atoms with E-state index >= 15 is 0 Å². The second kappa shape index (κ2) is 11.2. The van der Waals surface area contributed by atoms with Crippen molar-refractivity contribution in [1.29, 1.82) is 0 Å². The molecule has 36 heavy (non-hydrogen) atoms. The molecule has 0 bridgehead atoms. The molecule has 12 heteroatoms. The number of carbonyl (C=O) groups excluding carboxylic acids is 1. The van der Waals surface area contributed by atoms with Gasteiger partial charge in [-0.1, -0.05) is 12.1 Å². The number of carbonyl (C=O) groups is 1. The molecule has 0 radical (unpaired) electrons.